The van der Waals surface area contributed by atoms with Crippen LogP contribution in [0, 0.1) is 17.2 Å². The SMILES string of the molecule is CC(C#N)CN(C)C(c1ccc(Cl)cc1)C(C)N. The van der Waals surface area contributed by atoms with E-state index in [0.29, 0.717) is 6.54 Å². The number of nitriles is 1. The molecule has 1 rings (SSSR count). The molecule has 4 heteroatoms. The van der Waals surface area contributed by atoms with E-state index in [1.54, 1.807) is 0 Å². The van der Waals surface area contributed by atoms with Gasteiger partial charge in [0, 0.05) is 23.7 Å². The van der Waals surface area contributed by atoms with E-state index >= 15 is 0 Å². The number of rotatable bonds is 5. The first-order chi connectivity index (χ1) is 8.45. The molecule has 0 spiro atoms. The van der Waals surface area contributed by atoms with Crippen molar-refractivity contribution in [3.63, 3.8) is 0 Å². The second-order valence-electron chi connectivity index (χ2n) is 4.83. The lowest BCUT2D eigenvalue weighted by atomic mass is 9.98. The van der Waals surface area contributed by atoms with Crippen LogP contribution in [0.25, 0.3) is 0 Å². The van der Waals surface area contributed by atoms with Crippen LogP contribution in [0.4, 0.5) is 0 Å². The number of nitrogens with zero attached hydrogens (tertiary/aromatic N) is 2. The van der Waals surface area contributed by atoms with Crippen LogP contribution in [-0.4, -0.2) is 24.5 Å². The maximum atomic E-state index is 8.89. The standard InChI is InChI=1S/C14H20ClN3/c1-10(8-16)9-18(3)14(11(2)17)12-4-6-13(15)7-5-12/h4-7,10-11,14H,9,17H2,1-3H3. The van der Waals surface area contributed by atoms with Gasteiger partial charge in [0.1, 0.15) is 0 Å². The molecule has 0 bridgehead atoms. The van der Waals surface area contributed by atoms with Gasteiger partial charge in [0.25, 0.3) is 0 Å². The van der Waals surface area contributed by atoms with Crippen LogP contribution >= 0.6 is 11.6 Å². The van der Waals surface area contributed by atoms with Crippen LogP contribution in [0.2, 0.25) is 5.02 Å². The zero-order chi connectivity index (χ0) is 13.7. The summed E-state index contributed by atoms with van der Waals surface area (Å²) in [5.74, 6) is -0.0106. The predicted molar refractivity (Wildman–Crippen MR) is 75.2 cm³/mol. The summed E-state index contributed by atoms with van der Waals surface area (Å²) in [7, 11) is 2.00. The minimum atomic E-state index is -0.0120. The van der Waals surface area contributed by atoms with Crippen LogP contribution in [0.1, 0.15) is 25.5 Å². The van der Waals surface area contributed by atoms with E-state index in [2.05, 4.69) is 11.0 Å². The summed E-state index contributed by atoms with van der Waals surface area (Å²) >= 11 is 5.89. The van der Waals surface area contributed by atoms with Gasteiger partial charge in [-0.3, -0.25) is 4.90 Å². The van der Waals surface area contributed by atoms with Gasteiger partial charge in [0.15, 0.2) is 0 Å². The Morgan fingerprint density at radius 3 is 2.33 bits per heavy atom. The summed E-state index contributed by atoms with van der Waals surface area (Å²) in [5.41, 5.74) is 7.19. The summed E-state index contributed by atoms with van der Waals surface area (Å²) < 4.78 is 0. The minimum absolute atomic E-state index is 0.0106. The van der Waals surface area contributed by atoms with Crippen molar-refractivity contribution >= 4 is 11.6 Å². The number of hydrogen-bond acceptors (Lipinski definition) is 3. The Kier molecular flexibility index (Phi) is 5.61. The molecule has 3 atom stereocenters. The highest BCUT2D eigenvalue weighted by atomic mass is 35.5. The average molecular weight is 266 g/mol. The van der Waals surface area contributed by atoms with E-state index in [-0.39, 0.29) is 18.0 Å². The fourth-order valence-electron chi connectivity index (χ4n) is 2.21. The summed E-state index contributed by atoms with van der Waals surface area (Å²) in [6.45, 7) is 4.59. The third-order valence-corrected chi connectivity index (χ3v) is 3.22. The van der Waals surface area contributed by atoms with Gasteiger partial charge in [-0.15, -0.1) is 0 Å². The third-order valence-electron chi connectivity index (χ3n) is 2.97. The highest BCUT2D eigenvalue weighted by Gasteiger charge is 2.22. The number of nitrogens with two attached hydrogens (primary N) is 1. The van der Waals surface area contributed by atoms with E-state index in [4.69, 9.17) is 22.6 Å². The second kappa shape index (κ2) is 6.75. The second-order valence-corrected chi connectivity index (χ2v) is 5.26. The molecule has 2 N–H and O–H groups in total. The molecular weight excluding hydrogens is 246 g/mol. The summed E-state index contributed by atoms with van der Waals surface area (Å²) in [5, 5.41) is 9.60. The third kappa shape index (κ3) is 3.99. The first-order valence-corrected chi connectivity index (χ1v) is 6.44. The van der Waals surface area contributed by atoms with Gasteiger partial charge in [-0.25, -0.2) is 0 Å². The molecule has 0 radical (unpaired) electrons. The lowest BCUT2D eigenvalue weighted by Crippen LogP contribution is -2.39. The normalized spacial score (nSPS) is 16.1. The maximum absolute atomic E-state index is 8.89. The van der Waals surface area contributed by atoms with Gasteiger partial charge in [-0.1, -0.05) is 23.7 Å². The molecule has 0 saturated carbocycles. The molecule has 0 aliphatic heterocycles. The zero-order valence-corrected chi connectivity index (χ0v) is 11.9. The average Bonchev–Trinajstić information content (AvgIpc) is 2.31. The number of hydrogen-bond donors (Lipinski definition) is 1. The lowest BCUT2D eigenvalue weighted by Gasteiger charge is -2.32. The first kappa shape index (κ1) is 15.0. The number of halogens is 1. The van der Waals surface area contributed by atoms with E-state index in [1.165, 1.54) is 0 Å². The smallest absolute Gasteiger partial charge is 0.0666 e. The molecule has 1 aromatic carbocycles. The van der Waals surface area contributed by atoms with Crippen molar-refractivity contribution in [1.29, 1.82) is 5.26 Å². The molecule has 0 saturated heterocycles. The number of likely N-dealkylation sites (N-methyl/N-ethyl adjacent to an activating group) is 1. The maximum Gasteiger partial charge on any atom is 0.0666 e. The molecule has 18 heavy (non-hydrogen) atoms. The molecule has 0 aromatic heterocycles. The Balaban J connectivity index is 2.89. The van der Waals surface area contributed by atoms with E-state index in [9.17, 15) is 0 Å². The Hall–Kier alpha value is -1.08. The molecule has 3 nitrogen and oxygen atoms in total. The minimum Gasteiger partial charge on any atom is -0.326 e. The molecule has 1 aromatic rings. The van der Waals surface area contributed by atoms with Crippen LogP contribution in [0.5, 0.6) is 0 Å². The highest BCUT2D eigenvalue weighted by molar-refractivity contribution is 6.30. The molecule has 0 aliphatic rings. The van der Waals surface area contributed by atoms with E-state index in [0.717, 1.165) is 10.6 Å². The summed E-state index contributed by atoms with van der Waals surface area (Å²) in [4.78, 5) is 2.13. The summed E-state index contributed by atoms with van der Waals surface area (Å²) in [6, 6.07) is 10.0. The quantitative estimate of drug-likeness (QED) is 0.891. The van der Waals surface area contributed by atoms with Gasteiger partial charge in [0.05, 0.1) is 12.0 Å². The van der Waals surface area contributed by atoms with Crippen LogP contribution in [0.15, 0.2) is 24.3 Å². The van der Waals surface area contributed by atoms with Crippen LogP contribution < -0.4 is 5.73 Å². The fourth-order valence-corrected chi connectivity index (χ4v) is 2.33. The fraction of sp³-hybridized carbons (Fsp3) is 0.500. The van der Waals surface area contributed by atoms with Crippen molar-refractivity contribution in [3.05, 3.63) is 34.9 Å². The first-order valence-electron chi connectivity index (χ1n) is 6.06. The van der Waals surface area contributed by atoms with Crippen LogP contribution in [0.3, 0.4) is 0 Å². The molecule has 0 fully saturated rings. The Labute approximate surface area is 114 Å². The van der Waals surface area contributed by atoms with Crippen molar-refractivity contribution in [1.82, 2.24) is 4.90 Å². The van der Waals surface area contributed by atoms with Crippen LogP contribution in [-0.2, 0) is 0 Å². The Morgan fingerprint density at radius 2 is 1.89 bits per heavy atom. The van der Waals surface area contributed by atoms with E-state index in [1.807, 2.05) is 45.2 Å². The predicted octanol–water partition coefficient (Wildman–Crippen LogP) is 2.82. The van der Waals surface area contributed by atoms with Crippen molar-refractivity contribution in [2.24, 2.45) is 11.7 Å². The molecule has 3 unspecified atom stereocenters. The summed E-state index contributed by atoms with van der Waals surface area (Å²) in [6.07, 6.45) is 0. The van der Waals surface area contributed by atoms with Gasteiger partial charge in [-0.05, 0) is 38.6 Å². The lowest BCUT2D eigenvalue weighted by molar-refractivity contribution is 0.205. The zero-order valence-electron chi connectivity index (χ0n) is 11.1. The van der Waals surface area contributed by atoms with Gasteiger partial charge >= 0.3 is 0 Å². The molecule has 0 amide bonds. The largest absolute Gasteiger partial charge is 0.326 e. The van der Waals surface area contributed by atoms with Crippen molar-refractivity contribution in [2.75, 3.05) is 13.6 Å². The van der Waals surface area contributed by atoms with Gasteiger partial charge < -0.3 is 5.73 Å². The van der Waals surface area contributed by atoms with Crippen molar-refractivity contribution in [2.45, 2.75) is 25.9 Å². The van der Waals surface area contributed by atoms with Gasteiger partial charge in [0.2, 0.25) is 0 Å². The molecular formula is C14H20ClN3. The van der Waals surface area contributed by atoms with E-state index < -0.39 is 0 Å². The monoisotopic (exact) mass is 265 g/mol. The Morgan fingerprint density at radius 1 is 1.33 bits per heavy atom. The topological polar surface area (TPSA) is 53.0 Å². The highest BCUT2D eigenvalue weighted by Crippen LogP contribution is 2.24. The molecule has 0 aliphatic carbocycles. The Bertz CT molecular complexity index is 408. The number of benzene rings is 1. The van der Waals surface area contributed by atoms with Crippen molar-refractivity contribution in [3.8, 4) is 6.07 Å². The molecule has 0 heterocycles. The van der Waals surface area contributed by atoms with Crippen molar-refractivity contribution < 1.29 is 0 Å². The van der Waals surface area contributed by atoms with Gasteiger partial charge in [-0.2, -0.15) is 5.26 Å². The molecule has 98 valence electrons.